The maximum Gasteiger partial charge on any atom is 0.123 e. The van der Waals surface area contributed by atoms with E-state index in [-0.39, 0.29) is 17.9 Å². The van der Waals surface area contributed by atoms with Gasteiger partial charge >= 0.3 is 0 Å². The maximum absolute atomic E-state index is 13.2. The molecule has 118 valence electrons. The minimum Gasteiger partial charge on any atom is -0.326 e. The molecule has 0 aromatic heterocycles. The van der Waals surface area contributed by atoms with E-state index in [0.717, 1.165) is 31.0 Å². The Morgan fingerprint density at radius 1 is 1.19 bits per heavy atom. The summed E-state index contributed by atoms with van der Waals surface area (Å²) in [7, 11) is 0. The zero-order chi connectivity index (χ0) is 15.2. The van der Waals surface area contributed by atoms with Crippen molar-refractivity contribution < 1.29 is 4.39 Å². The quantitative estimate of drug-likeness (QED) is 0.884. The largest absolute Gasteiger partial charge is 0.326 e. The molecule has 1 saturated heterocycles. The van der Waals surface area contributed by atoms with Crippen molar-refractivity contribution in [3.63, 3.8) is 0 Å². The van der Waals surface area contributed by atoms with Gasteiger partial charge in [-0.25, -0.2) is 4.39 Å². The van der Waals surface area contributed by atoms with E-state index in [2.05, 4.69) is 18.7 Å². The molecule has 1 aromatic carbocycles. The van der Waals surface area contributed by atoms with Crippen LogP contribution < -0.4 is 5.73 Å². The van der Waals surface area contributed by atoms with Crippen molar-refractivity contribution in [3.05, 3.63) is 35.6 Å². The second-order valence-electron chi connectivity index (χ2n) is 6.31. The van der Waals surface area contributed by atoms with E-state index in [1.165, 1.54) is 25.7 Å². The zero-order valence-electron chi connectivity index (χ0n) is 13.4. The highest BCUT2D eigenvalue weighted by atomic mass is 19.1. The lowest BCUT2D eigenvalue weighted by Crippen LogP contribution is -2.41. The Labute approximate surface area is 128 Å². The molecule has 1 aliphatic rings. The Morgan fingerprint density at radius 2 is 1.90 bits per heavy atom. The number of hydrogen-bond donors (Lipinski definition) is 1. The third kappa shape index (κ3) is 4.27. The summed E-state index contributed by atoms with van der Waals surface area (Å²) in [6.07, 6.45) is 6.03. The van der Waals surface area contributed by atoms with Crippen molar-refractivity contribution >= 4 is 0 Å². The fourth-order valence-corrected chi connectivity index (χ4v) is 3.49. The number of rotatable bonds is 5. The monoisotopic (exact) mass is 292 g/mol. The van der Waals surface area contributed by atoms with Gasteiger partial charge in [0.05, 0.1) is 0 Å². The summed E-state index contributed by atoms with van der Waals surface area (Å²) in [4.78, 5) is 2.52. The third-order valence-electron chi connectivity index (χ3n) is 4.94. The Morgan fingerprint density at radius 3 is 2.52 bits per heavy atom. The summed E-state index contributed by atoms with van der Waals surface area (Å²) >= 11 is 0. The standard InChI is InChI=1S/C18H29FN2/c1-3-14-6-5-12-21(13-11-14)18(17(20)4-2)15-7-9-16(19)10-8-15/h7-10,14,17-18H,3-6,11-13,20H2,1-2H3. The van der Waals surface area contributed by atoms with E-state index in [9.17, 15) is 4.39 Å². The molecule has 0 radical (unpaired) electrons. The normalized spacial score (nSPS) is 23.5. The molecule has 21 heavy (non-hydrogen) atoms. The van der Waals surface area contributed by atoms with Crippen molar-refractivity contribution in [1.29, 1.82) is 0 Å². The van der Waals surface area contributed by atoms with E-state index in [0.29, 0.717) is 0 Å². The molecular weight excluding hydrogens is 263 g/mol. The summed E-state index contributed by atoms with van der Waals surface area (Å²) in [5, 5.41) is 0. The Balaban J connectivity index is 2.17. The van der Waals surface area contributed by atoms with Crippen LogP contribution in [-0.2, 0) is 0 Å². The molecule has 1 aromatic rings. The fourth-order valence-electron chi connectivity index (χ4n) is 3.49. The van der Waals surface area contributed by atoms with Crippen LogP contribution in [0, 0.1) is 11.7 Å². The molecule has 3 atom stereocenters. The molecular formula is C18H29FN2. The van der Waals surface area contributed by atoms with Gasteiger partial charge in [-0.2, -0.15) is 0 Å². The van der Waals surface area contributed by atoms with E-state index in [4.69, 9.17) is 5.73 Å². The van der Waals surface area contributed by atoms with Crippen LogP contribution in [0.4, 0.5) is 4.39 Å². The van der Waals surface area contributed by atoms with Crippen LogP contribution in [0.15, 0.2) is 24.3 Å². The SMILES string of the molecule is CCC1CCCN(C(c2ccc(F)cc2)C(N)CC)CC1. The highest BCUT2D eigenvalue weighted by Crippen LogP contribution is 2.30. The van der Waals surface area contributed by atoms with Crippen LogP contribution in [-0.4, -0.2) is 24.0 Å². The van der Waals surface area contributed by atoms with Gasteiger partial charge in [0.25, 0.3) is 0 Å². The van der Waals surface area contributed by atoms with Gasteiger partial charge in [0.2, 0.25) is 0 Å². The number of hydrogen-bond acceptors (Lipinski definition) is 2. The average Bonchev–Trinajstić information content (AvgIpc) is 2.75. The molecule has 1 heterocycles. The smallest absolute Gasteiger partial charge is 0.123 e. The first-order chi connectivity index (χ1) is 10.2. The lowest BCUT2D eigenvalue weighted by atomic mass is 9.95. The van der Waals surface area contributed by atoms with Crippen LogP contribution >= 0.6 is 0 Å². The van der Waals surface area contributed by atoms with Gasteiger partial charge in [0.1, 0.15) is 5.82 Å². The predicted molar refractivity (Wildman–Crippen MR) is 86.6 cm³/mol. The second kappa shape index (κ2) is 7.90. The molecule has 3 heteroatoms. The van der Waals surface area contributed by atoms with E-state index in [1.54, 1.807) is 12.1 Å². The maximum atomic E-state index is 13.2. The molecule has 1 fully saturated rings. The van der Waals surface area contributed by atoms with Crippen molar-refractivity contribution in [2.45, 2.75) is 58.0 Å². The van der Waals surface area contributed by atoms with Gasteiger partial charge in [-0.15, -0.1) is 0 Å². The van der Waals surface area contributed by atoms with Gasteiger partial charge in [0, 0.05) is 12.1 Å². The lowest BCUT2D eigenvalue weighted by Gasteiger charge is -2.35. The number of benzene rings is 1. The number of nitrogens with two attached hydrogens (primary N) is 1. The molecule has 2 rings (SSSR count). The molecule has 0 saturated carbocycles. The fraction of sp³-hybridized carbons (Fsp3) is 0.667. The van der Waals surface area contributed by atoms with E-state index in [1.807, 2.05) is 12.1 Å². The topological polar surface area (TPSA) is 29.3 Å². The van der Waals surface area contributed by atoms with Crippen molar-refractivity contribution in [1.82, 2.24) is 4.90 Å². The summed E-state index contributed by atoms with van der Waals surface area (Å²) in [5.74, 6) is 0.672. The van der Waals surface area contributed by atoms with E-state index >= 15 is 0 Å². The summed E-state index contributed by atoms with van der Waals surface area (Å²) in [5.41, 5.74) is 7.55. The van der Waals surface area contributed by atoms with E-state index < -0.39 is 0 Å². The lowest BCUT2D eigenvalue weighted by molar-refractivity contribution is 0.173. The van der Waals surface area contributed by atoms with Crippen LogP contribution in [0.3, 0.4) is 0 Å². The second-order valence-corrected chi connectivity index (χ2v) is 6.31. The summed E-state index contributed by atoms with van der Waals surface area (Å²) in [6.45, 7) is 6.63. The third-order valence-corrected chi connectivity index (χ3v) is 4.94. The highest BCUT2D eigenvalue weighted by molar-refractivity contribution is 5.21. The van der Waals surface area contributed by atoms with Gasteiger partial charge in [-0.1, -0.05) is 32.4 Å². The molecule has 0 spiro atoms. The average molecular weight is 292 g/mol. The minimum absolute atomic E-state index is 0.105. The van der Waals surface area contributed by atoms with Crippen molar-refractivity contribution in [2.24, 2.45) is 11.7 Å². The van der Waals surface area contributed by atoms with Crippen molar-refractivity contribution in [3.8, 4) is 0 Å². The molecule has 0 amide bonds. The van der Waals surface area contributed by atoms with Gasteiger partial charge in [-0.05, 0) is 62.4 Å². The minimum atomic E-state index is -0.176. The molecule has 2 N–H and O–H groups in total. The van der Waals surface area contributed by atoms with Crippen LogP contribution in [0.2, 0.25) is 0 Å². The molecule has 2 nitrogen and oxygen atoms in total. The molecule has 0 bridgehead atoms. The van der Waals surface area contributed by atoms with Gasteiger partial charge < -0.3 is 5.73 Å². The highest BCUT2D eigenvalue weighted by Gasteiger charge is 2.27. The van der Waals surface area contributed by atoms with Crippen LogP contribution in [0.1, 0.15) is 57.6 Å². The number of halogens is 1. The molecule has 3 unspecified atom stereocenters. The van der Waals surface area contributed by atoms with Crippen LogP contribution in [0.5, 0.6) is 0 Å². The van der Waals surface area contributed by atoms with Gasteiger partial charge in [-0.3, -0.25) is 4.90 Å². The summed E-state index contributed by atoms with van der Waals surface area (Å²) in [6, 6.07) is 7.23. The Bertz CT molecular complexity index is 418. The Hall–Kier alpha value is -0.930. The number of nitrogens with zero attached hydrogens (tertiary/aromatic N) is 1. The van der Waals surface area contributed by atoms with Crippen molar-refractivity contribution in [2.75, 3.05) is 13.1 Å². The summed E-state index contributed by atoms with van der Waals surface area (Å²) < 4.78 is 13.2. The zero-order valence-corrected chi connectivity index (χ0v) is 13.4. The Kier molecular flexibility index (Phi) is 6.19. The first-order valence-corrected chi connectivity index (χ1v) is 8.40. The molecule has 0 aliphatic carbocycles. The van der Waals surface area contributed by atoms with Gasteiger partial charge in [0.15, 0.2) is 0 Å². The predicted octanol–water partition coefficient (Wildman–Crippen LogP) is 4.12. The van der Waals surface area contributed by atoms with Crippen LogP contribution in [0.25, 0.3) is 0 Å². The number of likely N-dealkylation sites (tertiary alicyclic amines) is 1. The molecule has 1 aliphatic heterocycles. The first kappa shape index (κ1) is 16.4. The first-order valence-electron chi connectivity index (χ1n) is 8.40.